The number of carbonyl (C=O) groups is 2. The van der Waals surface area contributed by atoms with E-state index in [1.54, 1.807) is 12.1 Å². The number of rotatable bonds is 9. The molecule has 31 heavy (non-hydrogen) atoms. The average molecular weight is 417 g/mol. The molecule has 3 rings (SSSR count). The molecule has 3 aromatic carbocycles. The van der Waals surface area contributed by atoms with Crippen LogP contribution in [-0.4, -0.2) is 32.0 Å². The van der Waals surface area contributed by atoms with Gasteiger partial charge in [-0.25, -0.2) is 0 Å². The Morgan fingerprint density at radius 1 is 0.774 bits per heavy atom. The number of benzene rings is 3. The molecular formula is C26H30N3O2+. The van der Waals surface area contributed by atoms with E-state index >= 15 is 0 Å². The summed E-state index contributed by atoms with van der Waals surface area (Å²) in [7, 11) is 4.23. The third-order valence-electron chi connectivity index (χ3n) is 4.99. The van der Waals surface area contributed by atoms with Crippen molar-refractivity contribution in [2.75, 3.05) is 14.1 Å². The number of quaternary nitrogens is 1. The van der Waals surface area contributed by atoms with Gasteiger partial charge in [-0.2, -0.15) is 0 Å². The van der Waals surface area contributed by atoms with Gasteiger partial charge in [0.05, 0.1) is 14.1 Å². The Morgan fingerprint density at radius 3 is 1.97 bits per heavy atom. The quantitative estimate of drug-likeness (QED) is 0.500. The van der Waals surface area contributed by atoms with Gasteiger partial charge in [0.2, 0.25) is 5.91 Å². The second-order valence-corrected chi connectivity index (χ2v) is 8.00. The molecule has 0 aromatic heterocycles. The first-order chi connectivity index (χ1) is 15.0. The molecule has 0 saturated heterocycles. The highest BCUT2D eigenvalue weighted by Crippen LogP contribution is 2.07. The Balaban J connectivity index is 1.66. The van der Waals surface area contributed by atoms with E-state index in [1.807, 2.05) is 60.7 Å². The first kappa shape index (κ1) is 22.2. The Bertz CT molecular complexity index is 971. The van der Waals surface area contributed by atoms with Crippen LogP contribution in [0, 0.1) is 0 Å². The van der Waals surface area contributed by atoms with Gasteiger partial charge in [-0.05, 0) is 23.3 Å². The van der Waals surface area contributed by atoms with Crippen molar-refractivity contribution in [1.82, 2.24) is 10.6 Å². The SMILES string of the molecule is C[NH+](C)Cc1ccc(CNC(=O)[C@H](Cc2ccccc2)NC(=O)c2ccccc2)cc1. The summed E-state index contributed by atoms with van der Waals surface area (Å²) in [5.41, 5.74) is 3.81. The van der Waals surface area contributed by atoms with Crippen LogP contribution in [0.25, 0.3) is 0 Å². The lowest BCUT2D eigenvalue weighted by Crippen LogP contribution is -3.04. The molecule has 2 amide bonds. The predicted octanol–water partition coefficient (Wildman–Crippen LogP) is 1.99. The van der Waals surface area contributed by atoms with Gasteiger partial charge >= 0.3 is 0 Å². The van der Waals surface area contributed by atoms with Crippen molar-refractivity contribution in [3.63, 3.8) is 0 Å². The summed E-state index contributed by atoms with van der Waals surface area (Å²) in [6, 6.07) is 26.3. The minimum Gasteiger partial charge on any atom is -0.350 e. The van der Waals surface area contributed by atoms with Crippen LogP contribution in [0.1, 0.15) is 27.0 Å². The van der Waals surface area contributed by atoms with E-state index < -0.39 is 6.04 Å². The monoisotopic (exact) mass is 416 g/mol. The summed E-state index contributed by atoms with van der Waals surface area (Å²) in [5.74, 6) is -0.456. The van der Waals surface area contributed by atoms with E-state index in [0.29, 0.717) is 18.5 Å². The number of hydrogen-bond donors (Lipinski definition) is 3. The summed E-state index contributed by atoms with van der Waals surface area (Å²) in [6.45, 7) is 1.37. The summed E-state index contributed by atoms with van der Waals surface area (Å²) in [6.07, 6.45) is 0.426. The first-order valence-electron chi connectivity index (χ1n) is 10.6. The lowest BCUT2D eigenvalue weighted by Gasteiger charge is -2.19. The number of carbonyl (C=O) groups excluding carboxylic acids is 2. The van der Waals surface area contributed by atoms with Crippen LogP contribution in [0.2, 0.25) is 0 Å². The van der Waals surface area contributed by atoms with Crippen molar-refractivity contribution in [1.29, 1.82) is 0 Å². The molecule has 0 fully saturated rings. The Kier molecular flexibility index (Phi) is 7.96. The highest BCUT2D eigenvalue weighted by atomic mass is 16.2. The second-order valence-electron chi connectivity index (χ2n) is 8.00. The molecule has 0 bridgehead atoms. The lowest BCUT2D eigenvalue weighted by atomic mass is 10.0. The summed E-state index contributed by atoms with van der Waals surface area (Å²) in [4.78, 5) is 27.0. The third-order valence-corrected chi connectivity index (χ3v) is 4.99. The van der Waals surface area contributed by atoms with Crippen molar-refractivity contribution in [3.05, 3.63) is 107 Å². The van der Waals surface area contributed by atoms with Gasteiger partial charge in [-0.15, -0.1) is 0 Å². The zero-order chi connectivity index (χ0) is 22.1. The fourth-order valence-corrected chi connectivity index (χ4v) is 3.39. The minimum absolute atomic E-state index is 0.199. The average Bonchev–Trinajstić information content (AvgIpc) is 2.79. The van der Waals surface area contributed by atoms with E-state index in [9.17, 15) is 9.59 Å². The maximum Gasteiger partial charge on any atom is 0.251 e. The van der Waals surface area contributed by atoms with Gasteiger partial charge in [-0.1, -0.05) is 72.8 Å². The van der Waals surface area contributed by atoms with Crippen LogP contribution in [-0.2, 0) is 24.3 Å². The molecule has 0 unspecified atom stereocenters. The highest BCUT2D eigenvalue weighted by Gasteiger charge is 2.21. The fraction of sp³-hybridized carbons (Fsp3) is 0.231. The molecule has 0 spiro atoms. The summed E-state index contributed by atoms with van der Waals surface area (Å²) >= 11 is 0. The van der Waals surface area contributed by atoms with E-state index in [0.717, 1.165) is 17.7 Å². The number of nitrogens with one attached hydrogen (secondary N) is 3. The normalized spacial score (nSPS) is 11.7. The zero-order valence-electron chi connectivity index (χ0n) is 18.1. The maximum absolute atomic E-state index is 13.0. The van der Waals surface area contributed by atoms with Gasteiger partial charge in [0.1, 0.15) is 12.6 Å². The Hall–Kier alpha value is -3.44. The van der Waals surface area contributed by atoms with Crippen LogP contribution >= 0.6 is 0 Å². The van der Waals surface area contributed by atoms with Gasteiger partial charge in [0.25, 0.3) is 5.91 Å². The predicted molar refractivity (Wildman–Crippen MR) is 123 cm³/mol. The maximum atomic E-state index is 13.0. The van der Waals surface area contributed by atoms with Gasteiger partial charge < -0.3 is 15.5 Å². The summed E-state index contributed by atoms with van der Waals surface area (Å²) in [5, 5.41) is 5.87. The smallest absolute Gasteiger partial charge is 0.251 e. The van der Waals surface area contributed by atoms with Crippen molar-refractivity contribution in [3.8, 4) is 0 Å². The van der Waals surface area contributed by atoms with E-state index in [1.165, 1.54) is 10.5 Å². The van der Waals surface area contributed by atoms with E-state index in [2.05, 4.69) is 36.9 Å². The number of hydrogen-bond acceptors (Lipinski definition) is 2. The molecule has 0 radical (unpaired) electrons. The molecule has 5 heteroatoms. The third kappa shape index (κ3) is 7.08. The molecule has 0 aliphatic rings. The van der Waals surface area contributed by atoms with Crippen molar-refractivity contribution in [2.45, 2.75) is 25.6 Å². The standard InChI is InChI=1S/C26H29N3O2/c1-29(2)19-22-15-13-21(14-16-22)18-27-26(31)24(17-20-9-5-3-6-10-20)28-25(30)23-11-7-4-8-12-23/h3-16,24H,17-19H2,1-2H3,(H,27,31)(H,28,30)/p+1/t24-/m0/s1. The van der Waals surface area contributed by atoms with Crippen LogP contribution in [0.15, 0.2) is 84.9 Å². The fourth-order valence-electron chi connectivity index (χ4n) is 3.39. The zero-order valence-corrected chi connectivity index (χ0v) is 18.1. The largest absolute Gasteiger partial charge is 0.350 e. The molecule has 5 nitrogen and oxygen atoms in total. The number of amides is 2. The minimum atomic E-state index is -0.660. The van der Waals surface area contributed by atoms with E-state index in [-0.39, 0.29) is 11.8 Å². The van der Waals surface area contributed by atoms with Gasteiger partial charge in [-0.3, -0.25) is 9.59 Å². The van der Waals surface area contributed by atoms with Gasteiger partial charge in [0.15, 0.2) is 0 Å². The van der Waals surface area contributed by atoms with E-state index in [4.69, 9.17) is 0 Å². The molecular weight excluding hydrogens is 386 g/mol. The molecule has 3 N–H and O–H groups in total. The van der Waals surface area contributed by atoms with Crippen LogP contribution in [0.5, 0.6) is 0 Å². The second kappa shape index (κ2) is 11.1. The Morgan fingerprint density at radius 2 is 1.35 bits per heavy atom. The molecule has 160 valence electrons. The molecule has 3 aromatic rings. The van der Waals surface area contributed by atoms with Crippen molar-refractivity contribution >= 4 is 11.8 Å². The van der Waals surface area contributed by atoms with Crippen LogP contribution < -0.4 is 15.5 Å². The topological polar surface area (TPSA) is 62.6 Å². The van der Waals surface area contributed by atoms with Crippen LogP contribution in [0.3, 0.4) is 0 Å². The lowest BCUT2D eigenvalue weighted by molar-refractivity contribution is -0.872. The van der Waals surface area contributed by atoms with Gasteiger partial charge in [0, 0.05) is 24.1 Å². The van der Waals surface area contributed by atoms with Crippen molar-refractivity contribution in [2.24, 2.45) is 0 Å². The highest BCUT2D eigenvalue weighted by molar-refractivity contribution is 5.97. The first-order valence-corrected chi connectivity index (χ1v) is 10.6. The molecule has 0 aliphatic heterocycles. The molecule has 0 heterocycles. The van der Waals surface area contributed by atoms with Crippen molar-refractivity contribution < 1.29 is 14.5 Å². The Labute approximate surface area is 184 Å². The molecule has 1 atom stereocenters. The summed E-state index contributed by atoms with van der Waals surface area (Å²) < 4.78 is 0. The molecule has 0 aliphatic carbocycles. The molecule has 0 saturated carbocycles. The van der Waals surface area contributed by atoms with Crippen LogP contribution in [0.4, 0.5) is 0 Å².